The fourth-order valence-corrected chi connectivity index (χ4v) is 3.28. The van der Waals surface area contributed by atoms with Crippen LogP contribution in [0.25, 0.3) is 0 Å². The lowest BCUT2D eigenvalue weighted by atomic mass is 9.97. The Morgan fingerprint density at radius 1 is 1.38 bits per heavy atom. The molecule has 1 saturated heterocycles. The molecule has 0 N–H and O–H groups in total. The molecule has 3 atom stereocenters. The van der Waals surface area contributed by atoms with Crippen molar-refractivity contribution < 1.29 is 0 Å². The van der Waals surface area contributed by atoms with Gasteiger partial charge in [0.15, 0.2) is 0 Å². The summed E-state index contributed by atoms with van der Waals surface area (Å²) < 4.78 is 0. The molecular formula is C12H23N. The Bertz CT molecular complexity index is 190. The van der Waals surface area contributed by atoms with Gasteiger partial charge in [-0.3, -0.25) is 0 Å². The summed E-state index contributed by atoms with van der Waals surface area (Å²) in [6, 6.07) is 0.863. The van der Waals surface area contributed by atoms with Crippen LogP contribution in [0.3, 0.4) is 0 Å². The van der Waals surface area contributed by atoms with Crippen LogP contribution in [0.4, 0.5) is 0 Å². The number of unbranched alkanes of at least 4 members (excludes halogenated alkanes) is 2. The lowest BCUT2D eigenvalue weighted by Crippen LogP contribution is -2.26. The third kappa shape index (κ3) is 1.52. The van der Waals surface area contributed by atoms with Crippen LogP contribution in [0.1, 0.15) is 46.0 Å². The number of rotatable bonds is 4. The molecule has 1 heteroatoms. The number of nitrogens with zero attached hydrogens (tertiary/aromatic N) is 1. The molecule has 13 heavy (non-hydrogen) atoms. The zero-order valence-corrected chi connectivity index (χ0v) is 9.34. The average Bonchev–Trinajstić information content (AvgIpc) is 2.73. The number of fused-ring (bicyclic) bond motifs is 1. The van der Waals surface area contributed by atoms with E-state index in [1.807, 2.05) is 0 Å². The maximum Gasteiger partial charge on any atom is 0.00983 e. The normalized spacial score (nSPS) is 43.6. The van der Waals surface area contributed by atoms with E-state index in [0.717, 1.165) is 17.4 Å². The first kappa shape index (κ1) is 9.51. The van der Waals surface area contributed by atoms with E-state index < -0.39 is 0 Å². The van der Waals surface area contributed by atoms with Gasteiger partial charge in [0.25, 0.3) is 0 Å². The van der Waals surface area contributed by atoms with E-state index >= 15 is 0 Å². The van der Waals surface area contributed by atoms with Crippen LogP contribution >= 0.6 is 0 Å². The molecule has 2 rings (SSSR count). The van der Waals surface area contributed by atoms with Gasteiger partial charge in [-0.25, -0.2) is 0 Å². The van der Waals surface area contributed by atoms with E-state index in [0.29, 0.717) is 0 Å². The highest BCUT2D eigenvalue weighted by Gasteiger charge is 2.61. The lowest BCUT2D eigenvalue weighted by molar-refractivity contribution is 0.268. The third-order valence-corrected chi connectivity index (χ3v) is 4.37. The first-order valence-electron chi connectivity index (χ1n) is 5.90. The number of hydrogen-bond donors (Lipinski definition) is 0. The summed E-state index contributed by atoms with van der Waals surface area (Å²) >= 11 is 0. The van der Waals surface area contributed by atoms with E-state index in [4.69, 9.17) is 0 Å². The standard InChI is InChI=1S/C12H23N/c1-4-5-6-7-12-8-11(12)10(2)13(3)9-12/h10-11H,4-9H2,1-3H3. The Kier molecular flexibility index (Phi) is 2.39. The van der Waals surface area contributed by atoms with Gasteiger partial charge in [0.2, 0.25) is 0 Å². The molecule has 1 heterocycles. The molecule has 0 aromatic carbocycles. The molecule has 76 valence electrons. The summed E-state index contributed by atoms with van der Waals surface area (Å²) in [6.45, 7) is 6.08. The molecule has 0 radical (unpaired) electrons. The van der Waals surface area contributed by atoms with Crippen molar-refractivity contribution in [1.82, 2.24) is 4.90 Å². The summed E-state index contributed by atoms with van der Waals surface area (Å²) in [5.41, 5.74) is 0.781. The van der Waals surface area contributed by atoms with E-state index in [9.17, 15) is 0 Å². The zero-order valence-electron chi connectivity index (χ0n) is 9.34. The number of hydrogen-bond acceptors (Lipinski definition) is 1. The molecule has 2 fully saturated rings. The summed E-state index contributed by atoms with van der Waals surface area (Å²) in [7, 11) is 2.29. The van der Waals surface area contributed by atoms with Crippen LogP contribution in [0.2, 0.25) is 0 Å². The molecule has 1 saturated carbocycles. The van der Waals surface area contributed by atoms with Gasteiger partial charge < -0.3 is 4.90 Å². The smallest absolute Gasteiger partial charge is 0.00983 e. The van der Waals surface area contributed by atoms with Crippen molar-refractivity contribution in [2.24, 2.45) is 11.3 Å². The van der Waals surface area contributed by atoms with Gasteiger partial charge in [-0.05, 0) is 38.1 Å². The van der Waals surface area contributed by atoms with Gasteiger partial charge in [0, 0.05) is 12.6 Å². The van der Waals surface area contributed by atoms with Gasteiger partial charge in [0.05, 0.1) is 0 Å². The average molecular weight is 181 g/mol. The molecule has 0 aromatic heterocycles. The fourth-order valence-electron chi connectivity index (χ4n) is 3.28. The summed E-state index contributed by atoms with van der Waals surface area (Å²) in [6.07, 6.45) is 7.30. The first-order chi connectivity index (χ1) is 6.19. The van der Waals surface area contributed by atoms with Gasteiger partial charge in [-0.1, -0.05) is 26.2 Å². The minimum atomic E-state index is 0.781. The molecule has 0 bridgehead atoms. The Balaban J connectivity index is 1.81. The number of likely N-dealkylation sites (tertiary alicyclic amines) is 1. The predicted octanol–water partition coefficient (Wildman–Crippen LogP) is 2.91. The highest BCUT2D eigenvalue weighted by atomic mass is 15.2. The van der Waals surface area contributed by atoms with Gasteiger partial charge >= 0.3 is 0 Å². The molecule has 1 aliphatic heterocycles. The van der Waals surface area contributed by atoms with Crippen LogP contribution in [0.5, 0.6) is 0 Å². The topological polar surface area (TPSA) is 3.24 Å². The van der Waals surface area contributed by atoms with Crippen molar-refractivity contribution in [3.05, 3.63) is 0 Å². The largest absolute Gasteiger partial charge is 0.303 e. The minimum Gasteiger partial charge on any atom is -0.303 e. The van der Waals surface area contributed by atoms with Crippen molar-refractivity contribution >= 4 is 0 Å². The molecule has 2 aliphatic rings. The summed E-state index contributed by atoms with van der Waals surface area (Å²) in [5.74, 6) is 1.05. The van der Waals surface area contributed by atoms with Gasteiger partial charge in [-0.15, -0.1) is 0 Å². The highest BCUT2D eigenvalue weighted by Crippen LogP contribution is 2.63. The second kappa shape index (κ2) is 3.27. The third-order valence-electron chi connectivity index (χ3n) is 4.37. The SMILES string of the molecule is CCCCCC12CC1C(C)N(C)C2. The Morgan fingerprint density at radius 3 is 2.69 bits per heavy atom. The van der Waals surface area contributed by atoms with Crippen molar-refractivity contribution in [3.8, 4) is 0 Å². The minimum absolute atomic E-state index is 0.781. The molecule has 3 unspecified atom stereocenters. The van der Waals surface area contributed by atoms with Crippen LogP contribution in [-0.4, -0.2) is 24.5 Å². The second-order valence-electron chi connectivity index (χ2n) is 5.29. The maximum atomic E-state index is 2.56. The first-order valence-corrected chi connectivity index (χ1v) is 5.90. The van der Waals surface area contributed by atoms with Crippen molar-refractivity contribution in [1.29, 1.82) is 0 Å². The Hall–Kier alpha value is -0.0400. The van der Waals surface area contributed by atoms with Crippen LogP contribution in [0.15, 0.2) is 0 Å². The quantitative estimate of drug-likeness (QED) is 0.603. The van der Waals surface area contributed by atoms with Gasteiger partial charge in [0.1, 0.15) is 0 Å². The molecule has 0 aromatic rings. The maximum absolute atomic E-state index is 2.56. The molecule has 0 spiro atoms. The molecule has 1 aliphatic carbocycles. The Labute approximate surface area is 82.5 Å². The van der Waals surface area contributed by atoms with Crippen LogP contribution in [-0.2, 0) is 0 Å². The van der Waals surface area contributed by atoms with E-state index in [1.54, 1.807) is 0 Å². The van der Waals surface area contributed by atoms with Crippen LogP contribution < -0.4 is 0 Å². The van der Waals surface area contributed by atoms with Crippen LogP contribution in [0, 0.1) is 11.3 Å². The zero-order chi connectivity index (χ0) is 9.47. The van der Waals surface area contributed by atoms with Gasteiger partial charge in [-0.2, -0.15) is 0 Å². The predicted molar refractivity (Wildman–Crippen MR) is 56.8 cm³/mol. The van der Waals surface area contributed by atoms with Crippen molar-refractivity contribution in [2.45, 2.75) is 52.0 Å². The molecule has 0 amide bonds. The van der Waals surface area contributed by atoms with E-state index in [2.05, 4.69) is 25.8 Å². The molecular weight excluding hydrogens is 158 g/mol. The second-order valence-corrected chi connectivity index (χ2v) is 5.29. The number of piperidine rings is 1. The van der Waals surface area contributed by atoms with E-state index in [-0.39, 0.29) is 0 Å². The van der Waals surface area contributed by atoms with Crippen molar-refractivity contribution in [2.75, 3.05) is 13.6 Å². The Morgan fingerprint density at radius 2 is 2.15 bits per heavy atom. The fraction of sp³-hybridized carbons (Fsp3) is 1.00. The monoisotopic (exact) mass is 181 g/mol. The van der Waals surface area contributed by atoms with Crippen molar-refractivity contribution in [3.63, 3.8) is 0 Å². The lowest BCUT2D eigenvalue weighted by Gasteiger charge is -2.19. The van der Waals surface area contributed by atoms with E-state index in [1.165, 1.54) is 38.6 Å². The molecule has 1 nitrogen and oxygen atoms in total. The highest BCUT2D eigenvalue weighted by molar-refractivity contribution is 5.12. The summed E-state index contributed by atoms with van der Waals surface area (Å²) in [5, 5.41) is 0. The summed E-state index contributed by atoms with van der Waals surface area (Å²) in [4.78, 5) is 2.56.